The predicted octanol–water partition coefficient (Wildman–Crippen LogP) is 4.82. The molecule has 0 aliphatic heterocycles. The van der Waals surface area contributed by atoms with Crippen molar-refractivity contribution in [3.05, 3.63) is 54.7 Å². The fraction of sp³-hybridized carbons (Fsp3) is 0.154. The van der Waals surface area contributed by atoms with E-state index < -0.39 is 0 Å². The largest absolute Gasteiger partial charge is 0.294 e. The highest BCUT2D eigenvalue weighted by Gasteiger charge is 2.10. The number of carbonyl (C=O) groups is 1. The van der Waals surface area contributed by atoms with Gasteiger partial charge in [-0.05, 0) is 58.7 Å². The summed E-state index contributed by atoms with van der Waals surface area (Å²) < 4.78 is 0.961. The number of benzene rings is 1. The van der Waals surface area contributed by atoms with Crippen molar-refractivity contribution in [2.45, 2.75) is 12.8 Å². The Morgan fingerprint density at radius 2 is 2.18 bits per heavy atom. The van der Waals surface area contributed by atoms with Gasteiger partial charge in [0.15, 0.2) is 5.78 Å². The Balaban J connectivity index is 2.07. The summed E-state index contributed by atoms with van der Waals surface area (Å²) in [5.74, 6) is 0.158. The van der Waals surface area contributed by atoms with Gasteiger partial charge in [-0.25, -0.2) is 0 Å². The van der Waals surface area contributed by atoms with E-state index in [2.05, 4.69) is 28.7 Å². The third-order valence-corrected chi connectivity index (χ3v) is 4.52. The fourth-order valence-corrected chi connectivity index (χ4v) is 3.05. The number of hydrogen-bond acceptors (Lipinski definition) is 2. The Labute approximate surface area is 123 Å². The molecule has 2 aromatic rings. The van der Waals surface area contributed by atoms with Crippen LogP contribution in [-0.2, 0) is 6.42 Å². The van der Waals surface area contributed by atoms with Gasteiger partial charge >= 0.3 is 0 Å². The summed E-state index contributed by atoms with van der Waals surface area (Å²) in [5.41, 5.74) is 0.731. The van der Waals surface area contributed by atoms with Crippen LogP contribution in [-0.4, -0.2) is 5.78 Å². The van der Waals surface area contributed by atoms with Crippen molar-refractivity contribution in [3.8, 4) is 0 Å². The number of rotatable bonds is 4. The second kappa shape index (κ2) is 5.98. The summed E-state index contributed by atoms with van der Waals surface area (Å²) in [6.07, 6.45) is 1.34. The first-order valence-corrected chi connectivity index (χ1v) is 7.51. The van der Waals surface area contributed by atoms with Crippen molar-refractivity contribution in [1.29, 1.82) is 0 Å². The van der Waals surface area contributed by atoms with Gasteiger partial charge in [0.05, 0.1) is 0 Å². The second-order valence-corrected chi connectivity index (χ2v) is 6.26. The number of Topliss-reactive ketones (excluding diaryl/α,β-unsaturated/α-hetero) is 1. The van der Waals surface area contributed by atoms with E-state index >= 15 is 0 Å². The number of carbonyl (C=O) groups excluding carboxylic acids is 1. The Morgan fingerprint density at radius 1 is 1.35 bits per heavy atom. The highest BCUT2D eigenvalue weighted by atomic mass is 127. The van der Waals surface area contributed by atoms with Crippen LogP contribution in [0, 0.1) is 3.57 Å². The normalized spacial score (nSPS) is 10.5. The molecular formula is C13H10ClIOS. The Hall–Kier alpha value is -0.390. The lowest BCUT2D eigenvalue weighted by Crippen LogP contribution is -2.03. The zero-order valence-electron chi connectivity index (χ0n) is 8.95. The van der Waals surface area contributed by atoms with Gasteiger partial charge in [0.2, 0.25) is 0 Å². The maximum atomic E-state index is 12.1. The predicted molar refractivity (Wildman–Crippen MR) is 81.1 cm³/mol. The second-order valence-electron chi connectivity index (χ2n) is 3.63. The molecule has 0 fully saturated rings. The summed E-state index contributed by atoms with van der Waals surface area (Å²) in [5, 5.41) is 2.65. The third kappa shape index (κ3) is 3.53. The van der Waals surface area contributed by atoms with Crippen molar-refractivity contribution >= 4 is 51.3 Å². The molecule has 0 atom stereocenters. The average Bonchev–Trinajstić information content (AvgIpc) is 2.82. The lowest BCUT2D eigenvalue weighted by Gasteiger charge is -2.03. The van der Waals surface area contributed by atoms with Crippen molar-refractivity contribution < 1.29 is 4.79 Å². The maximum Gasteiger partial charge on any atom is 0.164 e. The summed E-state index contributed by atoms with van der Waals surface area (Å²) in [6, 6.07) is 9.50. The van der Waals surface area contributed by atoms with Crippen LogP contribution in [0.2, 0.25) is 5.02 Å². The number of hydrogen-bond donors (Lipinski definition) is 0. The minimum absolute atomic E-state index is 0.158. The molecule has 1 aromatic carbocycles. The van der Waals surface area contributed by atoms with E-state index in [-0.39, 0.29) is 5.78 Å². The van der Waals surface area contributed by atoms with E-state index in [0.29, 0.717) is 11.4 Å². The number of halogens is 2. The van der Waals surface area contributed by atoms with Crippen LogP contribution < -0.4 is 0 Å². The molecule has 1 aromatic heterocycles. The minimum Gasteiger partial charge on any atom is -0.294 e. The van der Waals surface area contributed by atoms with Crippen LogP contribution in [0.4, 0.5) is 0 Å². The van der Waals surface area contributed by atoms with Crippen LogP contribution >= 0.6 is 45.5 Å². The topological polar surface area (TPSA) is 17.1 Å². The quantitative estimate of drug-likeness (QED) is 0.552. The molecule has 0 bridgehead atoms. The molecule has 2 rings (SSSR count). The first kappa shape index (κ1) is 13.1. The van der Waals surface area contributed by atoms with Crippen LogP contribution in [0.25, 0.3) is 0 Å². The Kier molecular flexibility index (Phi) is 4.59. The lowest BCUT2D eigenvalue weighted by molar-refractivity contribution is 0.0982. The first-order valence-electron chi connectivity index (χ1n) is 5.17. The molecule has 1 heterocycles. The lowest BCUT2D eigenvalue weighted by atomic mass is 10.1. The summed E-state index contributed by atoms with van der Waals surface area (Å²) in [7, 11) is 0. The molecule has 0 spiro atoms. The zero-order valence-corrected chi connectivity index (χ0v) is 12.7. The van der Waals surface area contributed by atoms with Gasteiger partial charge in [0.1, 0.15) is 0 Å². The summed E-state index contributed by atoms with van der Waals surface area (Å²) in [6.45, 7) is 0. The smallest absolute Gasteiger partial charge is 0.164 e. The van der Waals surface area contributed by atoms with Gasteiger partial charge in [-0.15, -0.1) is 11.3 Å². The van der Waals surface area contributed by atoms with Gasteiger partial charge in [-0.2, -0.15) is 0 Å². The van der Waals surface area contributed by atoms with Crippen LogP contribution in [0.5, 0.6) is 0 Å². The van der Waals surface area contributed by atoms with Crippen LogP contribution in [0.1, 0.15) is 21.7 Å². The molecule has 88 valence electrons. The molecule has 0 radical (unpaired) electrons. The monoisotopic (exact) mass is 376 g/mol. The fourth-order valence-electron chi connectivity index (χ4n) is 1.54. The number of ketones is 1. The molecule has 1 nitrogen and oxygen atoms in total. The van der Waals surface area contributed by atoms with Gasteiger partial charge in [-0.3, -0.25) is 4.79 Å². The third-order valence-electron chi connectivity index (χ3n) is 2.41. The molecule has 17 heavy (non-hydrogen) atoms. The number of aryl methyl sites for hydroxylation is 1. The summed E-state index contributed by atoms with van der Waals surface area (Å²) >= 11 is 9.76. The van der Waals surface area contributed by atoms with E-state index in [1.165, 1.54) is 4.88 Å². The molecule has 0 unspecified atom stereocenters. The first-order chi connectivity index (χ1) is 8.16. The number of thiophene rings is 1. The molecule has 0 saturated carbocycles. The average molecular weight is 377 g/mol. The highest BCUT2D eigenvalue weighted by molar-refractivity contribution is 14.1. The van der Waals surface area contributed by atoms with Gasteiger partial charge in [0.25, 0.3) is 0 Å². The van der Waals surface area contributed by atoms with Crippen LogP contribution in [0.3, 0.4) is 0 Å². The van der Waals surface area contributed by atoms with Crippen molar-refractivity contribution in [2.75, 3.05) is 0 Å². The van der Waals surface area contributed by atoms with Gasteiger partial charge in [-0.1, -0.05) is 17.7 Å². The maximum absolute atomic E-state index is 12.1. The molecule has 4 heteroatoms. The molecule has 0 aliphatic carbocycles. The van der Waals surface area contributed by atoms with E-state index in [4.69, 9.17) is 11.6 Å². The van der Waals surface area contributed by atoms with Crippen molar-refractivity contribution in [3.63, 3.8) is 0 Å². The SMILES string of the molecule is O=C(CCc1cccs1)c1cc(Cl)ccc1I. The molecule has 0 saturated heterocycles. The van der Waals surface area contributed by atoms with Crippen LogP contribution in [0.15, 0.2) is 35.7 Å². The molecular weight excluding hydrogens is 367 g/mol. The van der Waals surface area contributed by atoms with Crippen molar-refractivity contribution in [2.24, 2.45) is 0 Å². The van der Waals surface area contributed by atoms with Gasteiger partial charge < -0.3 is 0 Å². The van der Waals surface area contributed by atoms with Gasteiger partial charge in [0, 0.05) is 25.5 Å². The Morgan fingerprint density at radius 3 is 2.88 bits per heavy atom. The van der Waals surface area contributed by atoms with Crippen molar-refractivity contribution in [1.82, 2.24) is 0 Å². The van der Waals surface area contributed by atoms with E-state index in [9.17, 15) is 4.79 Å². The molecule has 0 N–H and O–H groups in total. The molecule has 0 amide bonds. The Bertz CT molecular complexity index is 522. The standard InChI is InChI=1S/C13H10ClIOS/c14-9-3-5-12(15)11(8-9)13(16)6-4-10-2-1-7-17-10/h1-3,5,7-8H,4,6H2. The molecule has 0 aliphatic rings. The zero-order chi connectivity index (χ0) is 12.3. The van der Waals surface area contributed by atoms with E-state index in [1.54, 1.807) is 23.5 Å². The summed E-state index contributed by atoms with van der Waals surface area (Å²) in [4.78, 5) is 13.3. The van der Waals surface area contributed by atoms with E-state index in [0.717, 1.165) is 15.6 Å². The van der Waals surface area contributed by atoms with E-state index in [1.807, 2.05) is 17.5 Å². The minimum atomic E-state index is 0.158. The highest BCUT2D eigenvalue weighted by Crippen LogP contribution is 2.20.